The molecule has 1 aromatic rings. The van der Waals surface area contributed by atoms with Crippen LogP contribution in [0.25, 0.3) is 0 Å². The molecule has 0 saturated heterocycles. The molecule has 3 atom stereocenters. The summed E-state index contributed by atoms with van der Waals surface area (Å²) in [4.78, 5) is 0. The Labute approximate surface area is 111 Å². The first-order valence-electron chi connectivity index (χ1n) is 6.39. The zero-order chi connectivity index (χ0) is 13.3. The van der Waals surface area contributed by atoms with Gasteiger partial charge in [0.1, 0.15) is 0 Å². The van der Waals surface area contributed by atoms with Crippen molar-refractivity contribution >= 4 is 11.6 Å². The van der Waals surface area contributed by atoms with E-state index in [1.54, 1.807) is 0 Å². The molecule has 0 bridgehead atoms. The first kappa shape index (κ1) is 13.8. The molecule has 2 rings (SSSR count). The van der Waals surface area contributed by atoms with Crippen molar-refractivity contribution in [3.05, 3.63) is 34.4 Å². The summed E-state index contributed by atoms with van der Waals surface area (Å²) < 4.78 is 27.1. The minimum absolute atomic E-state index is 0.135. The molecular formula is C14H18ClF2N. The van der Waals surface area contributed by atoms with Gasteiger partial charge in [-0.1, -0.05) is 31.4 Å². The van der Waals surface area contributed by atoms with Gasteiger partial charge in [0.2, 0.25) is 0 Å². The highest BCUT2D eigenvalue weighted by molar-refractivity contribution is 6.31. The summed E-state index contributed by atoms with van der Waals surface area (Å²) in [5, 5.41) is 0.222. The van der Waals surface area contributed by atoms with E-state index in [1.807, 2.05) is 0 Å². The van der Waals surface area contributed by atoms with E-state index in [0.717, 1.165) is 25.3 Å². The van der Waals surface area contributed by atoms with Crippen molar-refractivity contribution in [3.63, 3.8) is 0 Å². The maximum absolute atomic E-state index is 13.8. The predicted molar refractivity (Wildman–Crippen MR) is 69.4 cm³/mol. The molecule has 1 nitrogen and oxygen atoms in total. The van der Waals surface area contributed by atoms with Gasteiger partial charge in [-0.25, -0.2) is 8.78 Å². The van der Waals surface area contributed by atoms with Crippen LogP contribution in [0.2, 0.25) is 5.02 Å². The molecule has 1 saturated carbocycles. The molecule has 0 heterocycles. The van der Waals surface area contributed by atoms with Crippen molar-refractivity contribution in [2.45, 2.75) is 38.6 Å². The molecule has 3 unspecified atom stereocenters. The average Bonchev–Trinajstić information content (AvgIpc) is 2.34. The molecule has 0 amide bonds. The van der Waals surface area contributed by atoms with Crippen molar-refractivity contribution in [2.75, 3.05) is 0 Å². The summed E-state index contributed by atoms with van der Waals surface area (Å²) in [5.41, 5.74) is 6.25. The minimum atomic E-state index is -0.895. The molecule has 4 heteroatoms. The van der Waals surface area contributed by atoms with Gasteiger partial charge in [-0.3, -0.25) is 0 Å². The monoisotopic (exact) mass is 273 g/mol. The van der Waals surface area contributed by atoms with Crippen LogP contribution in [0.1, 0.15) is 44.2 Å². The van der Waals surface area contributed by atoms with E-state index >= 15 is 0 Å². The highest BCUT2D eigenvalue weighted by Gasteiger charge is 2.29. The Bertz CT molecular complexity index is 436. The molecule has 18 heavy (non-hydrogen) atoms. The van der Waals surface area contributed by atoms with E-state index < -0.39 is 17.7 Å². The van der Waals surface area contributed by atoms with Crippen LogP contribution in [0.15, 0.2) is 12.1 Å². The Morgan fingerprint density at radius 2 is 2.06 bits per heavy atom. The van der Waals surface area contributed by atoms with Crippen molar-refractivity contribution < 1.29 is 8.78 Å². The molecule has 100 valence electrons. The lowest BCUT2D eigenvalue weighted by Crippen LogP contribution is -2.27. The summed E-state index contributed by atoms with van der Waals surface area (Å²) in [7, 11) is 0. The van der Waals surface area contributed by atoms with Gasteiger partial charge in [0.05, 0.1) is 0 Å². The summed E-state index contributed by atoms with van der Waals surface area (Å²) in [6.07, 6.45) is 4.18. The first-order chi connectivity index (χ1) is 8.50. The zero-order valence-electron chi connectivity index (χ0n) is 10.4. The third kappa shape index (κ3) is 2.67. The van der Waals surface area contributed by atoms with Gasteiger partial charge in [0, 0.05) is 16.6 Å². The largest absolute Gasteiger partial charge is 0.324 e. The smallest absolute Gasteiger partial charge is 0.165 e. The fourth-order valence-corrected chi connectivity index (χ4v) is 3.16. The fraction of sp³-hybridized carbons (Fsp3) is 0.571. The van der Waals surface area contributed by atoms with Crippen LogP contribution in [0.3, 0.4) is 0 Å². The molecular weight excluding hydrogens is 256 g/mol. The maximum Gasteiger partial charge on any atom is 0.165 e. The van der Waals surface area contributed by atoms with E-state index in [9.17, 15) is 8.78 Å². The molecule has 2 N–H and O–H groups in total. The lowest BCUT2D eigenvalue weighted by atomic mass is 9.77. The van der Waals surface area contributed by atoms with E-state index in [2.05, 4.69) is 6.92 Å². The average molecular weight is 274 g/mol. The zero-order valence-corrected chi connectivity index (χ0v) is 11.2. The van der Waals surface area contributed by atoms with E-state index in [-0.39, 0.29) is 16.5 Å². The highest BCUT2D eigenvalue weighted by Crippen LogP contribution is 2.39. The highest BCUT2D eigenvalue weighted by atomic mass is 35.5. The lowest BCUT2D eigenvalue weighted by Gasteiger charge is -2.32. The molecule has 1 aliphatic carbocycles. The van der Waals surface area contributed by atoms with Gasteiger partial charge in [0.25, 0.3) is 0 Å². The number of nitrogens with two attached hydrogens (primary N) is 1. The van der Waals surface area contributed by atoms with Crippen molar-refractivity contribution in [1.29, 1.82) is 0 Å². The minimum Gasteiger partial charge on any atom is -0.324 e. The van der Waals surface area contributed by atoms with Crippen LogP contribution < -0.4 is 5.73 Å². The van der Waals surface area contributed by atoms with Crippen LogP contribution >= 0.6 is 11.6 Å². The number of halogens is 3. The van der Waals surface area contributed by atoms with E-state index in [1.165, 1.54) is 12.5 Å². The van der Waals surface area contributed by atoms with Gasteiger partial charge >= 0.3 is 0 Å². The third-order valence-electron chi connectivity index (χ3n) is 3.90. The van der Waals surface area contributed by atoms with Crippen LogP contribution in [-0.2, 0) is 0 Å². The number of benzene rings is 1. The second-order valence-corrected chi connectivity index (χ2v) is 5.72. The Morgan fingerprint density at radius 3 is 2.72 bits per heavy atom. The van der Waals surface area contributed by atoms with Crippen LogP contribution in [0, 0.1) is 23.5 Å². The van der Waals surface area contributed by atoms with Crippen LogP contribution in [0.4, 0.5) is 8.78 Å². The van der Waals surface area contributed by atoms with Gasteiger partial charge in [-0.05, 0) is 36.8 Å². The van der Waals surface area contributed by atoms with E-state index in [4.69, 9.17) is 17.3 Å². The van der Waals surface area contributed by atoms with E-state index in [0.29, 0.717) is 5.92 Å². The standard InChI is InChI=1S/C14H18ClF2N/c1-8-3-2-4-9(7-8)14(18)12-10(15)5-6-11(16)13(12)17/h5-6,8-9,14H,2-4,7,18H2,1H3. The molecule has 0 aromatic heterocycles. The molecule has 0 aliphatic heterocycles. The summed E-state index contributed by atoms with van der Waals surface area (Å²) in [6.45, 7) is 2.17. The van der Waals surface area contributed by atoms with Crippen LogP contribution in [0.5, 0.6) is 0 Å². The molecule has 0 radical (unpaired) electrons. The number of hydrogen-bond acceptors (Lipinski definition) is 1. The molecule has 1 fully saturated rings. The lowest BCUT2D eigenvalue weighted by molar-refractivity contribution is 0.244. The topological polar surface area (TPSA) is 26.0 Å². The summed E-state index contributed by atoms with van der Waals surface area (Å²) in [6, 6.07) is 1.90. The first-order valence-corrected chi connectivity index (χ1v) is 6.77. The second-order valence-electron chi connectivity index (χ2n) is 5.31. The molecule has 1 aromatic carbocycles. The predicted octanol–water partition coefficient (Wildman–Crippen LogP) is 4.44. The summed E-state index contributed by atoms with van der Waals surface area (Å²) in [5.74, 6) is -1.00. The van der Waals surface area contributed by atoms with Crippen molar-refractivity contribution in [2.24, 2.45) is 17.6 Å². The molecule has 0 spiro atoms. The van der Waals surface area contributed by atoms with Crippen LogP contribution in [-0.4, -0.2) is 0 Å². The fourth-order valence-electron chi connectivity index (χ4n) is 2.89. The van der Waals surface area contributed by atoms with Gasteiger partial charge < -0.3 is 5.73 Å². The maximum atomic E-state index is 13.8. The van der Waals surface area contributed by atoms with Gasteiger partial charge in [-0.2, -0.15) is 0 Å². The SMILES string of the molecule is CC1CCCC(C(N)c2c(Cl)ccc(F)c2F)C1. The quantitative estimate of drug-likeness (QED) is 0.792. The Balaban J connectivity index is 2.28. The molecule has 1 aliphatic rings. The number of hydrogen-bond donors (Lipinski definition) is 1. The van der Waals surface area contributed by atoms with Crippen molar-refractivity contribution in [1.82, 2.24) is 0 Å². The van der Waals surface area contributed by atoms with Crippen molar-refractivity contribution in [3.8, 4) is 0 Å². The Hall–Kier alpha value is -0.670. The Kier molecular flexibility index (Phi) is 4.23. The second kappa shape index (κ2) is 5.54. The normalized spacial score (nSPS) is 26.1. The third-order valence-corrected chi connectivity index (χ3v) is 4.23. The van der Waals surface area contributed by atoms with Gasteiger partial charge in [0.15, 0.2) is 11.6 Å². The van der Waals surface area contributed by atoms with Gasteiger partial charge in [-0.15, -0.1) is 0 Å². The summed E-state index contributed by atoms with van der Waals surface area (Å²) >= 11 is 5.97. The number of rotatable bonds is 2. The Morgan fingerprint density at radius 1 is 1.33 bits per heavy atom.